The molecule has 1 rings (SSSR count). The lowest BCUT2D eigenvalue weighted by Gasteiger charge is -2.28. The van der Waals surface area contributed by atoms with Crippen LogP contribution in [0, 0.1) is 11.8 Å². The third-order valence-corrected chi connectivity index (χ3v) is 5.49. The van der Waals surface area contributed by atoms with Crippen LogP contribution in [0.1, 0.15) is 112 Å². The number of aromatic hydroxyl groups is 1. The standard InChI is InChI=1S/C26H44O3/c1-18(2)14-12-10-11-13-15-19(3)24(28)29-20-16-21(25(4,5)6)23(27)22(17-20)26(7,8)9/h16-19,27H,10-15H2,1-9H3. The van der Waals surface area contributed by atoms with Gasteiger partial charge in [0.25, 0.3) is 0 Å². The van der Waals surface area contributed by atoms with Crippen molar-refractivity contribution in [2.24, 2.45) is 11.8 Å². The number of phenolic OH excluding ortho intramolecular Hbond substituents is 1. The number of rotatable bonds is 9. The average molecular weight is 405 g/mol. The molecule has 0 radical (unpaired) electrons. The molecule has 1 aromatic carbocycles. The smallest absolute Gasteiger partial charge is 0.314 e. The molecule has 0 aliphatic carbocycles. The van der Waals surface area contributed by atoms with E-state index in [1.165, 1.54) is 25.7 Å². The van der Waals surface area contributed by atoms with Gasteiger partial charge in [0.2, 0.25) is 0 Å². The van der Waals surface area contributed by atoms with E-state index in [0.29, 0.717) is 11.5 Å². The van der Waals surface area contributed by atoms with Crippen LogP contribution in [0.3, 0.4) is 0 Å². The van der Waals surface area contributed by atoms with E-state index >= 15 is 0 Å². The lowest BCUT2D eigenvalue weighted by Crippen LogP contribution is -2.20. The van der Waals surface area contributed by atoms with Crippen LogP contribution >= 0.6 is 0 Å². The van der Waals surface area contributed by atoms with E-state index in [2.05, 4.69) is 55.4 Å². The van der Waals surface area contributed by atoms with E-state index in [1.54, 1.807) is 0 Å². The van der Waals surface area contributed by atoms with Gasteiger partial charge >= 0.3 is 5.97 Å². The van der Waals surface area contributed by atoms with Crippen molar-refractivity contribution < 1.29 is 14.6 Å². The van der Waals surface area contributed by atoms with Gasteiger partial charge in [0.15, 0.2) is 0 Å². The van der Waals surface area contributed by atoms with E-state index in [0.717, 1.165) is 29.9 Å². The van der Waals surface area contributed by atoms with Gasteiger partial charge in [-0.3, -0.25) is 4.79 Å². The van der Waals surface area contributed by atoms with Crippen molar-refractivity contribution in [3.8, 4) is 11.5 Å². The number of hydrogen-bond donors (Lipinski definition) is 1. The molecule has 166 valence electrons. The highest BCUT2D eigenvalue weighted by atomic mass is 16.5. The van der Waals surface area contributed by atoms with Crippen LogP contribution in [0.4, 0.5) is 0 Å². The van der Waals surface area contributed by atoms with Gasteiger partial charge in [-0.05, 0) is 35.3 Å². The predicted molar refractivity (Wildman–Crippen MR) is 123 cm³/mol. The van der Waals surface area contributed by atoms with E-state index in [-0.39, 0.29) is 22.7 Å². The fourth-order valence-electron chi connectivity index (χ4n) is 3.50. The predicted octanol–water partition coefficient (Wildman–Crippen LogP) is 7.53. The SMILES string of the molecule is CC(C)CCCCCCC(C)C(=O)Oc1cc(C(C)(C)C)c(O)c(C(C)(C)C)c1. The summed E-state index contributed by atoms with van der Waals surface area (Å²) in [6.45, 7) is 18.8. The largest absolute Gasteiger partial charge is 0.507 e. The second-order valence-corrected chi connectivity index (χ2v) is 11.1. The van der Waals surface area contributed by atoms with Crippen LogP contribution in [0.5, 0.6) is 11.5 Å². The maximum Gasteiger partial charge on any atom is 0.314 e. The summed E-state index contributed by atoms with van der Waals surface area (Å²) in [7, 11) is 0. The Balaban J connectivity index is 2.80. The molecule has 1 N–H and O–H groups in total. The highest BCUT2D eigenvalue weighted by Gasteiger charge is 2.28. The molecule has 0 aromatic heterocycles. The molecule has 0 aliphatic rings. The Kier molecular flexibility index (Phi) is 9.24. The van der Waals surface area contributed by atoms with Crippen LogP contribution in [-0.2, 0) is 15.6 Å². The second kappa shape index (κ2) is 10.5. The van der Waals surface area contributed by atoms with Crippen LogP contribution in [-0.4, -0.2) is 11.1 Å². The molecule has 0 saturated carbocycles. The van der Waals surface area contributed by atoms with Gasteiger partial charge < -0.3 is 9.84 Å². The Morgan fingerprint density at radius 2 is 1.31 bits per heavy atom. The van der Waals surface area contributed by atoms with Crippen molar-refractivity contribution >= 4 is 5.97 Å². The topological polar surface area (TPSA) is 46.5 Å². The van der Waals surface area contributed by atoms with Crippen molar-refractivity contribution in [1.82, 2.24) is 0 Å². The monoisotopic (exact) mass is 404 g/mol. The first-order chi connectivity index (χ1) is 13.2. The molecule has 3 heteroatoms. The van der Waals surface area contributed by atoms with Crippen molar-refractivity contribution in [2.45, 2.75) is 112 Å². The lowest BCUT2D eigenvalue weighted by molar-refractivity contribution is -0.138. The van der Waals surface area contributed by atoms with Gasteiger partial charge in [0, 0.05) is 11.1 Å². The zero-order valence-corrected chi connectivity index (χ0v) is 20.3. The number of benzene rings is 1. The van der Waals surface area contributed by atoms with Crippen molar-refractivity contribution in [3.05, 3.63) is 23.3 Å². The number of carbonyl (C=O) groups is 1. The number of unbranched alkanes of at least 4 members (excludes halogenated alkanes) is 3. The summed E-state index contributed by atoms with van der Waals surface area (Å²) in [6, 6.07) is 3.64. The van der Waals surface area contributed by atoms with E-state index in [9.17, 15) is 9.90 Å². The molecule has 0 saturated heterocycles. The molecule has 0 amide bonds. The molecule has 0 bridgehead atoms. The summed E-state index contributed by atoms with van der Waals surface area (Å²) >= 11 is 0. The maximum absolute atomic E-state index is 12.6. The third-order valence-electron chi connectivity index (χ3n) is 5.49. The molecule has 1 atom stereocenters. The highest BCUT2D eigenvalue weighted by molar-refractivity contribution is 5.75. The zero-order valence-electron chi connectivity index (χ0n) is 20.3. The summed E-state index contributed by atoms with van der Waals surface area (Å²) in [5.74, 6) is 1.30. The molecule has 0 spiro atoms. The summed E-state index contributed by atoms with van der Waals surface area (Å²) in [5.41, 5.74) is 1.14. The molecule has 1 aromatic rings. The maximum atomic E-state index is 12.6. The van der Waals surface area contributed by atoms with Crippen molar-refractivity contribution in [2.75, 3.05) is 0 Å². The number of esters is 1. The van der Waals surface area contributed by atoms with Gasteiger partial charge in [-0.25, -0.2) is 0 Å². The zero-order chi connectivity index (χ0) is 22.4. The normalized spacial score (nSPS) is 13.6. The molecule has 0 fully saturated rings. The Bertz CT molecular complexity index is 625. The van der Waals surface area contributed by atoms with Crippen LogP contribution in [0.2, 0.25) is 0 Å². The van der Waals surface area contributed by atoms with E-state index in [1.807, 2.05) is 19.1 Å². The average Bonchev–Trinajstić information content (AvgIpc) is 2.56. The molecule has 1 unspecified atom stereocenters. The second-order valence-electron chi connectivity index (χ2n) is 11.1. The number of ether oxygens (including phenoxy) is 1. The van der Waals surface area contributed by atoms with Crippen molar-refractivity contribution in [3.63, 3.8) is 0 Å². The molecule has 0 heterocycles. The van der Waals surface area contributed by atoms with Gasteiger partial charge in [0.1, 0.15) is 11.5 Å². The highest BCUT2D eigenvalue weighted by Crippen LogP contribution is 2.41. The molecule has 29 heavy (non-hydrogen) atoms. The first-order valence-corrected chi connectivity index (χ1v) is 11.3. The van der Waals surface area contributed by atoms with Gasteiger partial charge in [0.05, 0.1) is 5.92 Å². The lowest BCUT2D eigenvalue weighted by atomic mass is 9.79. The van der Waals surface area contributed by atoms with Gasteiger partial charge in [-0.1, -0.05) is 94.4 Å². The fraction of sp³-hybridized carbons (Fsp3) is 0.731. The Hall–Kier alpha value is -1.51. The summed E-state index contributed by atoms with van der Waals surface area (Å²) in [5, 5.41) is 10.8. The van der Waals surface area contributed by atoms with E-state index in [4.69, 9.17) is 4.74 Å². The minimum atomic E-state index is -0.242. The number of carbonyl (C=O) groups excluding carboxylic acids is 1. The van der Waals surface area contributed by atoms with Gasteiger partial charge in [-0.2, -0.15) is 0 Å². The minimum absolute atomic E-state index is 0.120. The first-order valence-electron chi connectivity index (χ1n) is 11.3. The number of phenols is 1. The Morgan fingerprint density at radius 1 is 0.862 bits per heavy atom. The summed E-state index contributed by atoms with van der Waals surface area (Å²) in [6.07, 6.45) is 6.88. The number of hydrogen-bond acceptors (Lipinski definition) is 3. The molecular weight excluding hydrogens is 360 g/mol. The van der Waals surface area contributed by atoms with Crippen LogP contribution in [0.25, 0.3) is 0 Å². The van der Waals surface area contributed by atoms with Crippen LogP contribution < -0.4 is 4.74 Å². The van der Waals surface area contributed by atoms with E-state index < -0.39 is 0 Å². The Morgan fingerprint density at radius 3 is 1.72 bits per heavy atom. The minimum Gasteiger partial charge on any atom is -0.507 e. The molecular formula is C26H44O3. The van der Waals surface area contributed by atoms with Crippen molar-refractivity contribution in [1.29, 1.82) is 0 Å². The Labute approximate surface area is 179 Å². The quantitative estimate of drug-likeness (QED) is 0.263. The molecule has 0 aliphatic heterocycles. The fourth-order valence-corrected chi connectivity index (χ4v) is 3.50. The molecule has 3 nitrogen and oxygen atoms in total. The van der Waals surface area contributed by atoms with Gasteiger partial charge in [-0.15, -0.1) is 0 Å². The third kappa shape index (κ3) is 8.40. The summed E-state index contributed by atoms with van der Waals surface area (Å²) < 4.78 is 5.76. The van der Waals surface area contributed by atoms with Crippen LogP contribution in [0.15, 0.2) is 12.1 Å². The summed E-state index contributed by atoms with van der Waals surface area (Å²) in [4.78, 5) is 12.6. The first kappa shape index (κ1) is 25.5.